The Labute approximate surface area is 101 Å². The van der Waals surface area contributed by atoms with Crippen LogP contribution >= 0.6 is 27.3 Å². The zero-order valence-corrected chi connectivity index (χ0v) is 10.7. The van der Waals surface area contributed by atoms with E-state index in [1.807, 2.05) is 6.92 Å². The van der Waals surface area contributed by atoms with Crippen LogP contribution in [0.15, 0.2) is 9.98 Å². The molecular weight excluding hydrogens is 280 g/mol. The third kappa shape index (κ3) is 2.76. The van der Waals surface area contributed by atoms with Crippen LogP contribution in [0.3, 0.4) is 0 Å². The van der Waals surface area contributed by atoms with Gasteiger partial charge in [0.15, 0.2) is 0 Å². The van der Waals surface area contributed by atoms with E-state index >= 15 is 0 Å². The molecule has 0 aromatic carbocycles. The van der Waals surface area contributed by atoms with Gasteiger partial charge in [-0.1, -0.05) is 0 Å². The maximum Gasteiger partial charge on any atom is 0.110 e. The molecule has 2 heterocycles. The first kappa shape index (κ1) is 11.5. The summed E-state index contributed by atoms with van der Waals surface area (Å²) >= 11 is 4.98. The summed E-state index contributed by atoms with van der Waals surface area (Å²) in [5.74, 6) is 0. The number of aromatic nitrogens is 1. The molecule has 1 aromatic rings. The van der Waals surface area contributed by atoms with Crippen LogP contribution in [0.25, 0.3) is 0 Å². The van der Waals surface area contributed by atoms with Crippen molar-refractivity contribution in [1.29, 1.82) is 0 Å². The first-order valence-electron chi connectivity index (χ1n) is 4.80. The molecule has 0 bridgehead atoms. The summed E-state index contributed by atoms with van der Waals surface area (Å²) in [6, 6.07) is 0.158. The zero-order valence-electron chi connectivity index (χ0n) is 8.31. The molecule has 1 fully saturated rings. The van der Waals surface area contributed by atoms with Crippen molar-refractivity contribution in [3.63, 3.8) is 0 Å². The van der Waals surface area contributed by atoms with Crippen molar-refractivity contribution in [3.8, 4) is 0 Å². The summed E-state index contributed by atoms with van der Waals surface area (Å²) in [5.41, 5.74) is 0. The fraction of sp³-hybridized carbons (Fsp3) is 0.667. The predicted molar refractivity (Wildman–Crippen MR) is 62.0 cm³/mol. The van der Waals surface area contributed by atoms with Gasteiger partial charge in [-0.15, -0.1) is 11.3 Å². The molecule has 0 amide bonds. The van der Waals surface area contributed by atoms with Crippen molar-refractivity contribution in [1.82, 2.24) is 10.3 Å². The van der Waals surface area contributed by atoms with E-state index in [-0.39, 0.29) is 12.1 Å². The van der Waals surface area contributed by atoms with Gasteiger partial charge >= 0.3 is 0 Å². The van der Waals surface area contributed by atoms with Gasteiger partial charge in [0.05, 0.1) is 41.4 Å². The van der Waals surface area contributed by atoms with E-state index in [9.17, 15) is 5.11 Å². The summed E-state index contributed by atoms with van der Waals surface area (Å²) < 4.78 is 6.20. The molecule has 2 N–H and O–H groups in total. The number of aliphatic hydroxyl groups is 1. The largest absolute Gasteiger partial charge is 0.389 e. The SMILES string of the molecule is CC(NC1COCC1O)c1ncc(Br)s1. The smallest absolute Gasteiger partial charge is 0.110 e. The quantitative estimate of drug-likeness (QED) is 0.882. The third-order valence-electron chi connectivity index (χ3n) is 2.38. The third-order valence-corrected chi connectivity index (χ3v) is 4.04. The van der Waals surface area contributed by atoms with Crippen LogP contribution in [0.2, 0.25) is 0 Å². The van der Waals surface area contributed by atoms with Crippen LogP contribution in [-0.4, -0.2) is 35.5 Å². The first-order chi connectivity index (χ1) is 7.16. The number of hydrogen-bond acceptors (Lipinski definition) is 5. The van der Waals surface area contributed by atoms with E-state index in [4.69, 9.17) is 4.74 Å². The zero-order chi connectivity index (χ0) is 10.8. The summed E-state index contributed by atoms with van der Waals surface area (Å²) in [6.07, 6.45) is 1.38. The van der Waals surface area contributed by atoms with Crippen molar-refractivity contribution < 1.29 is 9.84 Å². The molecule has 15 heavy (non-hydrogen) atoms. The number of rotatable bonds is 3. The van der Waals surface area contributed by atoms with Gasteiger partial charge < -0.3 is 15.2 Å². The lowest BCUT2D eigenvalue weighted by Gasteiger charge is -2.18. The lowest BCUT2D eigenvalue weighted by molar-refractivity contribution is 0.121. The highest BCUT2D eigenvalue weighted by atomic mass is 79.9. The average molecular weight is 293 g/mol. The Balaban J connectivity index is 1.94. The van der Waals surface area contributed by atoms with Crippen LogP contribution in [0.4, 0.5) is 0 Å². The van der Waals surface area contributed by atoms with Crippen molar-refractivity contribution in [2.75, 3.05) is 13.2 Å². The minimum atomic E-state index is -0.407. The number of hydrogen-bond donors (Lipinski definition) is 2. The number of thiazole rings is 1. The number of nitrogens with zero attached hydrogens (tertiary/aromatic N) is 1. The molecule has 6 heteroatoms. The molecular formula is C9H13BrN2O2S. The molecule has 1 aliphatic heterocycles. The molecule has 1 aliphatic rings. The van der Waals surface area contributed by atoms with E-state index < -0.39 is 6.10 Å². The second kappa shape index (κ2) is 4.88. The average Bonchev–Trinajstić information content (AvgIpc) is 2.77. The summed E-state index contributed by atoms with van der Waals surface area (Å²) in [6.45, 7) is 3.03. The maximum atomic E-state index is 9.58. The van der Waals surface area contributed by atoms with Gasteiger partial charge in [-0.25, -0.2) is 4.98 Å². The Morgan fingerprint density at radius 2 is 2.53 bits per heavy atom. The van der Waals surface area contributed by atoms with Gasteiger partial charge in [-0.3, -0.25) is 0 Å². The minimum absolute atomic E-state index is 0.0164. The Morgan fingerprint density at radius 3 is 3.07 bits per heavy atom. The second-order valence-corrected chi connectivity index (χ2v) is 6.04. The Morgan fingerprint density at radius 1 is 1.73 bits per heavy atom. The number of halogens is 1. The summed E-state index contributed by atoms with van der Waals surface area (Å²) in [7, 11) is 0. The topological polar surface area (TPSA) is 54.4 Å². The monoisotopic (exact) mass is 292 g/mol. The molecule has 0 saturated carbocycles. The van der Waals surface area contributed by atoms with Crippen molar-refractivity contribution in [2.45, 2.75) is 25.1 Å². The molecule has 1 aromatic heterocycles. The van der Waals surface area contributed by atoms with E-state index in [2.05, 4.69) is 26.2 Å². The minimum Gasteiger partial charge on any atom is -0.389 e. The van der Waals surface area contributed by atoms with Gasteiger partial charge in [0, 0.05) is 0 Å². The lowest BCUT2D eigenvalue weighted by atomic mass is 10.2. The number of nitrogens with one attached hydrogen (secondary N) is 1. The fourth-order valence-electron chi connectivity index (χ4n) is 1.56. The molecule has 84 valence electrons. The van der Waals surface area contributed by atoms with E-state index in [0.717, 1.165) is 8.79 Å². The van der Waals surface area contributed by atoms with Crippen LogP contribution in [0.5, 0.6) is 0 Å². The molecule has 3 atom stereocenters. The normalized spacial score (nSPS) is 28.2. The van der Waals surface area contributed by atoms with Crippen molar-refractivity contribution >= 4 is 27.3 Å². The van der Waals surface area contributed by atoms with Crippen LogP contribution in [0, 0.1) is 0 Å². The fourth-order valence-corrected chi connectivity index (χ4v) is 2.82. The van der Waals surface area contributed by atoms with Crippen molar-refractivity contribution in [2.24, 2.45) is 0 Å². The van der Waals surface area contributed by atoms with Gasteiger partial charge in [-0.2, -0.15) is 0 Å². The highest BCUT2D eigenvalue weighted by molar-refractivity contribution is 9.11. The Bertz CT molecular complexity index is 334. The van der Waals surface area contributed by atoms with Crippen LogP contribution < -0.4 is 5.32 Å². The second-order valence-electron chi connectivity index (χ2n) is 3.60. The molecule has 1 saturated heterocycles. The Hall–Kier alpha value is -0.0100. The standard InChI is InChI=1S/C9H13BrN2O2S/c1-5(9-11-2-8(10)15-9)12-6-3-14-4-7(6)13/h2,5-7,12-13H,3-4H2,1H3. The van der Waals surface area contributed by atoms with Crippen LogP contribution in [0.1, 0.15) is 18.0 Å². The van der Waals surface area contributed by atoms with Gasteiger partial charge in [-0.05, 0) is 22.9 Å². The molecule has 0 aliphatic carbocycles. The Kier molecular flexibility index (Phi) is 3.73. The van der Waals surface area contributed by atoms with E-state index in [1.165, 1.54) is 0 Å². The highest BCUT2D eigenvalue weighted by Crippen LogP contribution is 2.24. The summed E-state index contributed by atoms with van der Waals surface area (Å²) in [5, 5.41) is 13.9. The highest BCUT2D eigenvalue weighted by Gasteiger charge is 2.27. The van der Waals surface area contributed by atoms with E-state index in [1.54, 1.807) is 17.5 Å². The molecule has 0 spiro atoms. The van der Waals surface area contributed by atoms with Crippen LogP contribution in [-0.2, 0) is 4.74 Å². The summed E-state index contributed by atoms with van der Waals surface area (Å²) in [4.78, 5) is 4.27. The van der Waals surface area contributed by atoms with Gasteiger partial charge in [0.25, 0.3) is 0 Å². The molecule has 2 rings (SSSR count). The van der Waals surface area contributed by atoms with Gasteiger partial charge in [0.1, 0.15) is 5.01 Å². The number of aliphatic hydroxyl groups excluding tert-OH is 1. The molecule has 4 nitrogen and oxygen atoms in total. The maximum absolute atomic E-state index is 9.58. The predicted octanol–water partition coefficient (Wildman–Crippen LogP) is 1.32. The van der Waals surface area contributed by atoms with Gasteiger partial charge in [0.2, 0.25) is 0 Å². The molecule has 0 radical (unpaired) electrons. The lowest BCUT2D eigenvalue weighted by Crippen LogP contribution is -2.40. The first-order valence-corrected chi connectivity index (χ1v) is 6.41. The van der Waals surface area contributed by atoms with E-state index in [0.29, 0.717) is 13.2 Å². The van der Waals surface area contributed by atoms with Crippen molar-refractivity contribution in [3.05, 3.63) is 15.0 Å². The molecule has 3 unspecified atom stereocenters. The number of ether oxygens (including phenoxy) is 1.